The van der Waals surface area contributed by atoms with Crippen LogP contribution in [0.5, 0.6) is 0 Å². The van der Waals surface area contributed by atoms with Crippen LogP contribution in [0.1, 0.15) is 24.4 Å². The molecule has 0 saturated carbocycles. The van der Waals surface area contributed by atoms with Gasteiger partial charge in [-0.15, -0.1) is 0 Å². The van der Waals surface area contributed by atoms with Gasteiger partial charge in [0.1, 0.15) is 0 Å². The SMILES string of the molecule is c1ccc(C(CCN2CCC2)N2CCNCC2)cc1. The maximum absolute atomic E-state index is 3.46. The van der Waals surface area contributed by atoms with Gasteiger partial charge in [0.05, 0.1) is 0 Å². The standard InChI is InChI=1S/C16H25N3/c1-2-5-15(6-3-1)16(7-12-18-10-4-11-18)19-13-8-17-9-14-19/h1-3,5-6,16-17H,4,7-14H2. The van der Waals surface area contributed by atoms with E-state index in [-0.39, 0.29) is 0 Å². The lowest BCUT2D eigenvalue weighted by Crippen LogP contribution is -2.46. The number of benzene rings is 1. The summed E-state index contributed by atoms with van der Waals surface area (Å²) in [6.45, 7) is 8.49. The first-order valence-corrected chi connectivity index (χ1v) is 7.65. The van der Waals surface area contributed by atoms with Gasteiger partial charge in [-0.25, -0.2) is 0 Å². The van der Waals surface area contributed by atoms with Crippen molar-refractivity contribution in [2.45, 2.75) is 18.9 Å². The van der Waals surface area contributed by atoms with Crippen LogP contribution in [-0.4, -0.2) is 55.6 Å². The average molecular weight is 259 g/mol. The zero-order chi connectivity index (χ0) is 12.9. The van der Waals surface area contributed by atoms with Crippen molar-refractivity contribution in [2.24, 2.45) is 0 Å². The summed E-state index contributed by atoms with van der Waals surface area (Å²) >= 11 is 0. The molecule has 2 aliphatic heterocycles. The minimum atomic E-state index is 0.601. The number of rotatable bonds is 5. The van der Waals surface area contributed by atoms with Crippen LogP contribution in [0.25, 0.3) is 0 Å². The minimum absolute atomic E-state index is 0.601. The van der Waals surface area contributed by atoms with Crippen molar-refractivity contribution in [1.82, 2.24) is 15.1 Å². The van der Waals surface area contributed by atoms with E-state index in [2.05, 4.69) is 45.4 Å². The zero-order valence-electron chi connectivity index (χ0n) is 11.7. The van der Waals surface area contributed by atoms with Crippen LogP contribution in [0, 0.1) is 0 Å². The molecule has 0 spiro atoms. The summed E-state index contributed by atoms with van der Waals surface area (Å²) in [5.41, 5.74) is 1.49. The largest absolute Gasteiger partial charge is 0.314 e. The first-order chi connectivity index (χ1) is 9.43. The molecule has 2 saturated heterocycles. The Morgan fingerprint density at radius 2 is 1.74 bits per heavy atom. The second kappa shape index (κ2) is 6.51. The molecule has 0 aliphatic carbocycles. The topological polar surface area (TPSA) is 18.5 Å². The van der Waals surface area contributed by atoms with E-state index in [9.17, 15) is 0 Å². The Bertz CT molecular complexity index is 369. The second-order valence-electron chi connectivity index (χ2n) is 5.70. The smallest absolute Gasteiger partial charge is 0.0361 e. The number of hydrogen-bond donors (Lipinski definition) is 1. The third kappa shape index (κ3) is 3.35. The molecule has 1 aromatic rings. The minimum Gasteiger partial charge on any atom is -0.314 e. The summed E-state index contributed by atoms with van der Waals surface area (Å²) in [6.07, 6.45) is 2.66. The Labute approximate surface area is 116 Å². The van der Waals surface area contributed by atoms with Gasteiger partial charge in [0.25, 0.3) is 0 Å². The summed E-state index contributed by atoms with van der Waals surface area (Å²) in [7, 11) is 0. The van der Waals surface area contributed by atoms with Gasteiger partial charge in [-0.05, 0) is 38.0 Å². The Balaban J connectivity index is 1.66. The van der Waals surface area contributed by atoms with Crippen molar-refractivity contribution < 1.29 is 0 Å². The van der Waals surface area contributed by atoms with Crippen LogP contribution in [-0.2, 0) is 0 Å². The van der Waals surface area contributed by atoms with Crippen LogP contribution in [0.3, 0.4) is 0 Å². The fourth-order valence-corrected chi connectivity index (χ4v) is 3.14. The lowest BCUT2D eigenvalue weighted by molar-refractivity contribution is 0.124. The van der Waals surface area contributed by atoms with Gasteiger partial charge in [0.15, 0.2) is 0 Å². The van der Waals surface area contributed by atoms with Crippen molar-refractivity contribution in [3.05, 3.63) is 35.9 Å². The molecule has 1 aromatic carbocycles. The fourth-order valence-electron chi connectivity index (χ4n) is 3.14. The molecule has 104 valence electrons. The number of nitrogens with one attached hydrogen (secondary N) is 1. The molecule has 2 aliphatic rings. The van der Waals surface area contributed by atoms with Gasteiger partial charge in [-0.2, -0.15) is 0 Å². The highest BCUT2D eigenvalue weighted by Gasteiger charge is 2.23. The highest BCUT2D eigenvalue weighted by molar-refractivity contribution is 5.19. The Kier molecular flexibility index (Phi) is 4.49. The highest BCUT2D eigenvalue weighted by atomic mass is 15.2. The molecule has 3 nitrogen and oxygen atoms in total. The molecule has 19 heavy (non-hydrogen) atoms. The second-order valence-corrected chi connectivity index (χ2v) is 5.70. The normalized spacial score (nSPS) is 22.9. The quantitative estimate of drug-likeness (QED) is 0.869. The predicted molar refractivity (Wildman–Crippen MR) is 79.3 cm³/mol. The highest BCUT2D eigenvalue weighted by Crippen LogP contribution is 2.25. The molecule has 1 atom stereocenters. The van der Waals surface area contributed by atoms with Crippen LogP contribution < -0.4 is 5.32 Å². The summed E-state index contributed by atoms with van der Waals surface area (Å²) in [5, 5.41) is 3.46. The predicted octanol–water partition coefficient (Wildman–Crippen LogP) is 1.73. The van der Waals surface area contributed by atoms with Gasteiger partial charge in [-0.1, -0.05) is 30.3 Å². The van der Waals surface area contributed by atoms with E-state index in [1.807, 2.05) is 0 Å². The van der Waals surface area contributed by atoms with Crippen molar-refractivity contribution >= 4 is 0 Å². The van der Waals surface area contributed by atoms with E-state index >= 15 is 0 Å². The molecule has 3 heteroatoms. The number of piperazine rings is 1. The number of likely N-dealkylation sites (tertiary alicyclic amines) is 1. The lowest BCUT2D eigenvalue weighted by Gasteiger charge is -2.38. The maximum atomic E-state index is 3.46. The van der Waals surface area contributed by atoms with E-state index in [4.69, 9.17) is 0 Å². The first kappa shape index (κ1) is 13.1. The van der Waals surface area contributed by atoms with Crippen molar-refractivity contribution in [3.8, 4) is 0 Å². The van der Waals surface area contributed by atoms with Gasteiger partial charge in [0.2, 0.25) is 0 Å². The summed E-state index contributed by atoms with van der Waals surface area (Å²) in [6, 6.07) is 11.7. The molecule has 0 amide bonds. The Hall–Kier alpha value is -0.900. The van der Waals surface area contributed by atoms with Crippen molar-refractivity contribution in [2.75, 3.05) is 45.8 Å². The molecule has 0 bridgehead atoms. The Morgan fingerprint density at radius 1 is 1.00 bits per heavy atom. The van der Waals surface area contributed by atoms with Gasteiger partial charge in [0, 0.05) is 32.2 Å². The van der Waals surface area contributed by atoms with E-state index in [0.717, 1.165) is 13.1 Å². The van der Waals surface area contributed by atoms with Gasteiger partial charge < -0.3 is 10.2 Å². The average Bonchev–Trinajstić information content (AvgIpc) is 2.43. The van der Waals surface area contributed by atoms with Crippen LogP contribution in [0.15, 0.2) is 30.3 Å². The van der Waals surface area contributed by atoms with Crippen molar-refractivity contribution in [1.29, 1.82) is 0 Å². The summed E-state index contributed by atoms with van der Waals surface area (Å²) in [4.78, 5) is 5.24. The third-order valence-corrected chi connectivity index (χ3v) is 4.44. The van der Waals surface area contributed by atoms with Crippen LogP contribution in [0.2, 0.25) is 0 Å². The number of nitrogens with zero attached hydrogens (tertiary/aromatic N) is 2. The zero-order valence-corrected chi connectivity index (χ0v) is 11.7. The first-order valence-electron chi connectivity index (χ1n) is 7.65. The Morgan fingerprint density at radius 3 is 2.37 bits per heavy atom. The maximum Gasteiger partial charge on any atom is 0.0361 e. The van der Waals surface area contributed by atoms with Gasteiger partial charge in [-0.3, -0.25) is 4.90 Å². The van der Waals surface area contributed by atoms with E-state index in [0.29, 0.717) is 6.04 Å². The number of hydrogen-bond acceptors (Lipinski definition) is 3. The molecular weight excluding hydrogens is 234 g/mol. The van der Waals surface area contributed by atoms with E-state index in [1.165, 1.54) is 51.1 Å². The molecule has 2 fully saturated rings. The summed E-state index contributed by atoms with van der Waals surface area (Å²) in [5.74, 6) is 0. The molecule has 0 aromatic heterocycles. The van der Waals surface area contributed by atoms with Crippen LogP contribution in [0.4, 0.5) is 0 Å². The molecule has 2 heterocycles. The molecular formula is C16H25N3. The summed E-state index contributed by atoms with van der Waals surface area (Å²) < 4.78 is 0. The molecule has 1 N–H and O–H groups in total. The van der Waals surface area contributed by atoms with Gasteiger partial charge >= 0.3 is 0 Å². The van der Waals surface area contributed by atoms with Crippen molar-refractivity contribution in [3.63, 3.8) is 0 Å². The third-order valence-electron chi connectivity index (χ3n) is 4.44. The van der Waals surface area contributed by atoms with Crippen LogP contribution >= 0.6 is 0 Å². The van der Waals surface area contributed by atoms with E-state index < -0.39 is 0 Å². The molecule has 0 radical (unpaired) electrons. The lowest BCUT2D eigenvalue weighted by atomic mass is 10.00. The molecule has 1 unspecified atom stereocenters. The molecule has 3 rings (SSSR count). The fraction of sp³-hybridized carbons (Fsp3) is 0.625. The monoisotopic (exact) mass is 259 g/mol. The van der Waals surface area contributed by atoms with E-state index in [1.54, 1.807) is 0 Å².